The highest BCUT2D eigenvalue weighted by Gasteiger charge is 2.38. The first-order chi connectivity index (χ1) is 22.6. The van der Waals surface area contributed by atoms with Crippen LogP contribution in [0.4, 0.5) is 0 Å². The van der Waals surface area contributed by atoms with Gasteiger partial charge >= 0.3 is 0 Å². The molecule has 0 amide bonds. The molecule has 5 aromatic rings. The summed E-state index contributed by atoms with van der Waals surface area (Å²) >= 11 is 0. The Morgan fingerprint density at radius 1 is 0.848 bits per heavy atom. The summed E-state index contributed by atoms with van der Waals surface area (Å²) in [6.45, 7) is 21.4. The molecule has 1 atom stereocenters. The summed E-state index contributed by atoms with van der Waals surface area (Å²) in [4.78, 5) is 9.60. The number of fused-ring (bicyclic) bond motifs is 5. The minimum atomic E-state index is -2.28. The average molecular weight is 617 g/mol. The van der Waals surface area contributed by atoms with Gasteiger partial charge in [0.05, 0.1) is 16.7 Å². The Labute approximate surface area is 277 Å². The van der Waals surface area contributed by atoms with Gasteiger partial charge in [-0.2, -0.15) is 0 Å². The molecule has 2 aromatic heterocycles. The zero-order chi connectivity index (χ0) is 35.6. The monoisotopic (exact) mass is 616 g/mol. The number of aryl methyl sites for hydroxylation is 2. The van der Waals surface area contributed by atoms with Crippen molar-refractivity contribution in [1.29, 1.82) is 0 Å². The molecule has 4 heterocycles. The molecule has 5 nitrogen and oxygen atoms in total. The molecule has 2 aliphatic rings. The van der Waals surface area contributed by atoms with Crippen molar-refractivity contribution in [2.24, 2.45) is 4.99 Å². The fourth-order valence-electron chi connectivity index (χ4n) is 6.87. The van der Waals surface area contributed by atoms with E-state index in [4.69, 9.17) is 18.6 Å². The number of hydrogen-bond acceptors (Lipinski definition) is 4. The fraction of sp³-hybridized carbons (Fsp3) is 0.415. The molecule has 0 fully saturated rings. The normalized spacial score (nSPS) is 20.2. The molecule has 0 aliphatic carbocycles. The van der Waals surface area contributed by atoms with E-state index >= 15 is 0 Å². The predicted octanol–water partition coefficient (Wildman–Crippen LogP) is 10.4. The van der Waals surface area contributed by atoms with Crippen LogP contribution < -0.4 is 4.74 Å². The molecule has 3 aromatic carbocycles. The maximum Gasteiger partial charge on any atom is 0.216 e. The molecule has 238 valence electrons. The second-order valence-corrected chi connectivity index (χ2v) is 16.2. The number of aliphatic imine (C=N–C) groups is 1. The van der Waals surface area contributed by atoms with Gasteiger partial charge < -0.3 is 9.47 Å². The summed E-state index contributed by atoms with van der Waals surface area (Å²) in [5.74, 6) is 1.71. The first-order valence-electron chi connectivity index (χ1n) is 17.8. The third-order valence-corrected chi connectivity index (χ3v) is 9.67. The van der Waals surface area contributed by atoms with E-state index in [1.165, 1.54) is 27.6 Å². The van der Waals surface area contributed by atoms with E-state index in [1.54, 1.807) is 6.92 Å². The largest absolute Gasteiger partial charge is 0.475 e. The second kappa shape index (κ2) is 9.70. The van der Waals surface area contributed by atoms with Gasteiger partial charge in [0.2, 0.25) is 5.90 Å². The molecule has 5 heteroatoms. The molecule has 46 heavy (non-hydrogen) atoms. The van der Waals surface area contributed by atoms with Crippen LogP contribution in [0.15, 0.2) is 59.7 Å². The van der Waals surface area contributed by atoms with E-state index in [0.29, 0.717) is 17.2 Å². The van der Waals surface area contributed by atoms with Crippen molar-refractivity contribution in [3.05, 3.63) is 93.7 Å². The van der Waals surface area contributed by atoms with Crippen LogP contribution >= 0.6 is 0 Å². The Kier molecular flexibility index (Phi) is 5.70. The third-order valence-electron chi connectivity index (χ3n) is 9.67. The first-order valence-corrected chi connectivity index (χ1v) is 16.3. The zero-order valence-corrected chi connectivity index (χ0v) is 29.1. The third kappa shape index (κ3) is 4.82. The van der Waals surface area contributed by atoms with E-state index in [9.17, 15) is 0 Å². The lowest BCUT2D eigenvalue weighted by molar-refractivity contribution is 0.279. The minimum absolute atomic E-state index is 0.0000617. The summed E-state index contributed by atoms with van der Waals surface area (Å²) in [5.41, 5.74) is 9.12. The number of ether oxygens (including phenoxy) is 2. The fourth-order valence-corrected chi connectivity index (χ4v) is 6.87. The molecule has 2 aliphatic heterocycles. The average Bonchev–Trinajstić information content (AvgIpc) is 3.55. The van der Waals surface area contributed by atoms with Crippen molar-refractivity contribution >= 4 is 27.8 Å². The van der Waals surface area contributed by atoms with Crippen molar-refractivity contribution < 1.29 is 13.6 Å². The lowest BCUT2D eigenvalue weighted by Crippen LogP contribution is -2.27. The molecule has 0 bridgehead atoms. The minimum Gasteiger partial charge on any atom is -0.475 e. The van der Waals surface area contributed by atoms with Crippen molar-refractivity contribution in [3.8, 4) is 17.2 Å². The number of rotatable bonds is 3. The lowest BCUT2D eigenvalue weighted by Gasteiger charge is -2.36. The van der Waals surface area contributed by atoms with Crippen molar-refractivity contribution in [1.82, 2.24) is 9.55 Å². The lowest BCUT2D eigenvalue weighted by atomic mass is 9.72. The van der Waals surface area contributed by atoms with Crippen LogP contribution in [0.1, 0.15) is 112 Å². The van der Waals surface area contributed by atoms with E-state index in [1.807, 2.05) is 18.3 Å². The Bertz CT molecular complexity index is 2230. The SMILES string of the molecule is [2H]C([2H])([2H])[C@]1(C)COC(c2cc(Oc3cc4c(cc3C)C(C)(C)c3cc(C(C)(C)C)cc5c6cc(C)cnc6n-4c35)cc(C(C)(C)C)c2)=N1. The van der Waals surface area contributed by atoms with Crippen LogP contribution in [0.25, 0.3) is 27.6 Å². The van der Waals surface area contributed by atoms with Gasteiger partial charge in [0.25, 0.3) is 0 Å². The predicted molar refractivity (Wildman–Crippen MR) is 191 cm³/mol. The topological polar surface area (TPSA) is 48.6 Å². The molecule has 0 unspecified atom stereocenters. The van der Waals surface area contributed by atoms with Gasteiger partial charge in [-0.25, -0.2) is 9.98 Å². The molecule has 0 N–H and O–H groups in total. The maximum atomic E-state index is 8.03. The highest BCUT2D eigenvalue weighted by molar-refractivity contribution is 6.11. The Hall–Kier alpha value is -4.12. The summed E-state index contributed by atoms with van der Waals surface area (Å²) in [6.07, 6.45) is 1.95. The Morgan fingerprint density at radius 3 is 2.24 bits per heavy atom. The summed E-state index contributed by atoms with van der Waals surface area (Å²) in [5, 5.41) is 2.37. The molecular weight excluding hydrogens is 566 g/mol. The van der Waals surface area contributed by atoms with E-state index in [0.717, 1.165) is 39.2 Å². The number of nitrogens with zero attached hydrogens (tertiary/aromatic N) is 3. The van der Waals surface area contributed by atoms with Crippen LogP contribution in [-0.4, -0.2) is 27.6 Å². The number of pyridine rings is 1. The molecular formula is C41H47N3O2. The summed E-state index contributed by atoms with van der Waals surface area (Å²) in [7, 11) is 0. The van der Waals surface area contributed by atoms with Gasteiger partial charge in [0.15, 0.2) is 0 Å². The van der Waals surface area contributed by atoms with Gasteiger partial charge in [-0.3, -0.25) is 4.57 Å². The van der Waals surface area contributed by atoms with Crippen molar-refractivity contribution in [2.75, 3.05) is 6.61 Å². The van der Waals surface area contributed by atoms with E-state index in [-0.39, 0.29) is 22.9 Å². The highest BCUT2D eigenvalue weighted by atomic mass is 16.5. The van der Waals surface area contributed by atoms with Crippen LogP contribution in [-0.2, 0) is 21.0 Å². The number of aromatic nitrogens is 2. The van der Waals surface area contributed by atoms with E-state index < -0.39 is 12.4 Å². The van der Waals surface area contributed by atoms with Crippen molar-refractivity contribution in [2.45, 2.75) is 105 Å². The Balaban J connectivity index is 1.42. The standard InChI is InChI=1S/C41H47N3O2/c1-23-13-30-29-18-27(39(6,7)8)19-32-35(29)44(36(30)42-21-23)33-20-34(24(2)14-31(33)41(32,11)12)46-28-16-25(15-26(17-28)38(3,4)5)37-43-40(9,10)22-45-37/h13-21H,22H2,1-12H3/i9D3/t40-/m0/s1. The van der Waals surface area contributed by atoms with Gasteiger partial charge in [0.1, 0.15) is 23.8 Å². The van der Waals surface area contributed by atoms with Gasteiger partial charge in [-0.05, 0) is 108 Å². The highest BCUT2D eigenvalue weighted by Crippen LogP contribution is 2.50. The van der Waals surface area contributed by atoms with Crippen molar-refractivity contribution in [3.63, 3.8) is 0 Å². The van der Waals surface area contributed by atoms with E-state index in [2.05, 4.69) is 115 Å². The number of benzene rings is 3. The summed E-state index contributed by atoms with van der Waals surface area (Å²) < 4.78 is 39.1. The quantitative estimate of drug-likeness (QED) is 0.203. The molecule has 0 radical (unpaired) electrons. The van der Waals surface area contributed by atoms with Gasteiger partial charge in [-0.1, -0.05) is 61.5 Å². The van der Waals surface area contributed by atoms with Gasteiger partial charge in [-0.15, -0.1) is 0 Å². The van der Waals surface area contributed by atoms with Crippen LogP contribution in [0.3, 0.4) is 0 Å². The smallest absolute Gasteiger partial charge is 0.216 e. The zero-order valence-electron chi connectivity index (χ0n) is 32.1. The van der Waals surface area contributed by atoms with Gasteiger partial charge in [0, 0.05) is 38.1 Å². The van der Waals surface area contributed by atoms with Crippen LogP contribution in [0, 0.1) is 13.8 Å². The molecule has 0 spiro atoms. The maximum absolute atomic E-state index is 8.03. The second-order valence-electron chi connectivity index (χ2n) is 16.2. The molecule has 7 rings (SSSR count). The molecule has 0 saturated heterocycles. The first kappa shape index (κ1) is 27.0. The molecule has 0 saturated carbocycles. The van der Waals surface area contributed by atoms with Crippen LogP contribution in [0.2, 0.25) is 0 Å². The van der Waals surface area contributed by atoms with Crippen LogP contribution in [0.5, 0.6) is 11.5 Å². The number of hydrogen-bond donors (Lipinski definition) is 0. The summed E-state index contributed by atoms with van der Waals surface area (Å²) in [6, 6.07) is 17.4. The Morgan fingerprint density at radius 2 is 1.57 bits per heavy atom.